The molecule has 0 aromatic heterocycles. The normalized spacial score (nSPS) is 13.3. The summed E-state index contributed by atoms with van der Waals surface area (Å²) in [5.74, 6) is -2.02. The molecule has 9 nitrogen and oxygen atoms in total. The SMILES string of the molecule is CC/C=C\C/C=C\C/C=C\CCCCCCCCCC(=O)OC(COC(=O)CCCCCCCCCCCCC)COC(OCC[N+](C)(C)C)C(=O)O. The average Bonchev–Trinajstić information content (AvgIpc) is 3.11. The summed E-state index contributed by atoms with van der Waals surface area (Å²) in [7, 11) is 5.94. The fraction of sp³-hybridized carbons (Fsp3) is 0.795. The molecular formula is C44H80NO8+. The molecule has 0 heterocycles. The van der Waals surface area contributed by atoms with Crippen LogP contribution in [0.5, 0.6) is 0 Å². The first-order chi connectivity index (χ1) is 25.6. The quantitative estimate of drug-likeness (QED) is 0.0218. The fourth-order valence-corrected chi connectivity index (χ4v) is 5.61. The van der Waals surface area contributed by atoms with Gasteiger partial charge in [-0.25, -0.2) is 4.79 Å². The van der Waals surface area contributed by atoms with Gasteiger partial charge in [0.1, 0.15) is 13.2 Å². The Morgan fingerprint density at radius 3 is 1.60 bits per heavy atom. The van der Waals surface area contributed by atoms with Crippen molar-refractivity contribution in [3.63, 3.8) is 0 Å². The van der Waals surface area contributed by atoms with E-state index in [4.69, 9.17) is 18.9 Å². The maximum Gasteiger partial charge on any atom is 0.361 e. The van der Waals surface area contributed by atoms with Crippen molar-refractivity contribution in [2.75, 3.05) is 47.5 Å². The Bertz CT molecular complexity index is 971. The lowest BCUT2D eigenvalue weighted by Gasteiger charge is -2.25. The van der Waals surface area contributed by atoms with Gasteiger partial charge in [-0.15, -0.1) is 0 Å². The van der Waals surface area contributed by atoms with E-state index in [0.717, 1.165) is 64.2 Å². The van der Waals surface area contributed by atoms with Crippen molar-refractivity contribution < 1.29 is 42.9 Å². The largest absolute Gasteiger partial charge is 0.477 e. The number of carbonyl (C=O) groups is 3. The molecule has 0 radical (unpaired) electrons. The molecule has 0 amide bonds. The molecule has 0 aliphatic carbocycles. The molecule has 0 aliphatic rings. The summed E-state index contributed by atoms with van der Waals surface area (Å²) < 4.78 is 22.7. The third-order valence-corrected chi connectivity index (χ3v) is 8.91. The molecular weight excluding hydrogens is 670 g/mol. The lowest BCUT2D eigenvalue weighted by atomic mass is 10.1. The number of carboxylic acids is 1. The number of likely N-dealkylation sites (N-methyl/N-ethyl adjacent to an activating group) is 1. The molecule has 0 bridgehead atoms. The Hall–Kier alpha value is -2.49. The van der Waals surface area contributed by atoms with Gasteiger partial charge in [-0.3, -0.25) is 9.59 Å². The third-order valence-electron chi connectivity index (χ3n) is 8.91. The van der Waals surface area contributed by atoms with E-state index >= 15 is 0 Å². The van der Waals surface area contributed by atoms with Gasteiger partial charge in [0.15, 0.2) is 6.10 Å². The fourth-order valence-electron chi connectivity index (χ4n) is 5.61. The Balaban J connectivity index is 4.47. The minimum Gasteiger partial charge on any atom is -0.477 e. The number of ether oxygens (including phenoxy) is 4. The zero-order valence-corrected chi connectivity index (χ0v) is 34.7. The number of nitrogens with zero attached hydrogens (tertiary/aromatic N) is 1. The average molecular weight is 751 g/mol. The molecule has 2 unspecified atom stereocenters. The molecule has 53 heavy (non-hydrogen) atoms. The maximum atomic E-state index is 12.7. The van der Waals surface area contributed by atoms with Gasteiger partial charge in [-0.2, -0.15) is 0 Å². The van der Waals surface area contributed by atoms with Crippen LogP contribution < -0.4 is 0 Å². The highest BCUT2D eigenvalue weighted by molar-refractivity contribution is 5.71. The van der Waals surface area contributed by atoms with Crippen LogP contribution in [0.25, 0.3) is 0 Å². The molecule has 0 aromatic carbocycles. The van der Waals surface area contributed by atoms with Gasteiger partial charge in [0, 0.05) is 12.8 Å². The van der Waals surface area contributed by atoms with Crippen LogP contribution in [0.3, 0.4) is 0 Å². The predicted octanol–water partition coefficient (Wildman–Crippen LogP) is 10.7. The van der Waals surface area contributed by atoms with Crippen LogP contribution in [-0.2, 0) is 33.3 Å². The van der Waals surface area contributed by atoms with Crippen molar-refractivity contribution >= 4 is 17.9 Å². The number of unbranched alkanes of at least 4 members (excludes halogenated alkanes) is 17. The minimum atomic E-state index is -1.51. The third kappa shape index (κ3) is 37.6. The number of allylic oxidation sites excluding steroid dienone is 6. The Labute approximate surface area is 324 Å². The second-order valence-electron chi connectivity index (χ2n) is 15.3. The summed E-state index contributed by atoms with van der Waals surface area (Å²) in [6.07, 6.45) is 36.3. The number of hydrogen-bond donors (Lipinski definition) is 1. The topological polar surface area (TPSA) is 108 Å². The summed E-state index contributed by atoms with van der Waals surface area (Å²) in [6.45, 7) is 4.73. The van der Waals surface area contributed by atoms with Crippen molar-refractivity contribution in [3.05, 3.63) is 36.5 Å². The number of quaternary nitrogens is 1. The van der Waals surface area contributed by atoms with Crippen molar-refractivity contribution in [2.24, 2.45) is 0 Å². The van der Waals surface area contributed by atoms with E-state index in [9.17, 15) is 19.5 Å². The summed E-state index contributed by atoms with van der Waals surface area (Å²) in [4.78, 5) is 37.0. The standard InChI is InChI=1S/C44H79NO8/c1-6-8-10-12-14-16-18-19-20-21-22-23-25-27-29-31-33-35-42(47)53-40(39-52-44(43(48)49)50-37-36-45(3,4)5)38-51-41(46)34-32-30-28-26-24-17-15-13-11-9-7-2/h8,10,14,16,19-20,40,44H,6-7,9,11-13,15,17-18,21-39H2,1-5H3/p+1/b10-8-,16-14-,20-19-. The lowest BCUT2D eigenvalue weighted by Crippen LogP contribution is -2.40. The Morgan fingerprint density at radius 1 is 0.585 bits per heavy atom. The molecule has 0 saturated carbocycles. The van der Waals surface area contributed by atoms with Gasteiger partial charge >= 0.3 is 17.9 Å². The maximum absolute atomic E-state index is 12.7. The van der Waals surface area contributed by atoms with Crippen LogP contribution in [0.4, 0.5) is 0 Å². The minimum absolute atomic E-state index is 0.184. The highest BCUT2D eigenvalue weighted by Crippen LogP contribution is 2.14. The van der Waals surface area contributed by atoms with E-state index < -0.39 is 24.3 Å². The first-order valence-electron chi connectivity index (χ1n) is 21.2. The molecule has 0 spiro atoms. The van der Waals surface area contributed by atoms with Gasteiger partial charge in [0.25, 0.3) is 6.29 Å². The number of carboxylic acid groups (broad SMARTS) is 1. The van der Waals surface area contributed by atoms with E-state index in [2.05, 4.69) is 50.3 Å². The zero-order chi connectivity index (χ0) is 39.3. The van der Waals surface area contributed by atoms with Gasteiger partial charge in [0.05, 0.1) is 34.4 Å². The molecule has 0 fully saturated rings. The molecule has 308 valence electrons. The summed E-state index contributed by atoms with van der Waals surface area (Å²) in [5.41, 5.74) is 0. The number of hydrogen-bond acceptors (Lipinski definition) is 7. The Kier molecular flexibility index (Phi) is 34.8. The van der Waals surface area contributed by atoms with Gasteiger partial charge in [0.2, 0.25) is 0 Å². The highest BCUT2D eigenvalue weighted by Gasteiger charge is 2.25. The first-order valence-corrected chi connectivity index (χ1v) is 21.2. The molecule has 0 rings (SSSR count). The summed E-state index contributed by atoms with van der Waals surface area (Å²) >= 11 is 0. The molecule has 9 heteroatoms. The summed E-state index contributed by atoms with van der Waals surface area (Å²) in [5, 5.41) is 9.61. The molecule has 1 N–H and O–H groups in total. The van der Waals surface area contributed by atoms with Crippen LogP contribution in [-0.4, -0.2) is 87.4 Å². The van der Waals surface area contributed by atoms with Crippen LogP contribution in [0.1, 0.15) is 168 Å². The second kappa shape index (κ2) is 36.5. The molecule has 0 saturated heterocycles. The van der Waals surface area contributed by atoms with E-state index in [1.165, 1.54) is 70.6 Å². The first kappa shape index (κ1) is 50.5. The van der Waals surface area contributed by atoms with Crippen LogP contribution in [0.15, 0.2) is 36.5 Å². The van der Waals surface area contributed by atoms with Crippen molar-refractivity contribution in [3.8, 4) is 0 Å². The molecule has 0 aromatic rings. The van der Waals surface area contributed by atoms with Gasteiger partial charge < -0.3 is 28.5 Å². The highest BCUT2D eigenvalue weighted by atomic mass is 16.7. The van der Waals surface area contributed by atoms with Crippen molar-refractivity contribution in [1.29, 1.82) is 0 Å². The number of esters is 2. The molecule has 0 aliphatic heterocycles. The van der Waals surface area contributed by atoms with Gasteiger partial charge in [-0.1, -0.05) is 147 Å². The van der Waals surface area contributed by atoms with Gasteiger partial charge in [-0.05, 0) is 44.9 Å². The van der Waals surface area contributed by atoms with Crippen LogP contribution in [0, 0.1) is 0 Å². The second-order valence-corrected chi connectivity index (χ2v) is 15.3. The van der Waals surface area contributed by atoms with Crippen LogP contribution >= 0.6 is 0 Å². The lowest BCUT2D eigenvalue weighted by molar-refractivity contribution is -0.870. The summed E-state index contributed by atoms with van der Waals surface area (Å²) in [6, 6.07) is 0. The monoisotopic (exact) mass is 751 g/mol. The van der Waals surface area contributed by atoms with Crippen molar-refractivity contribution in [1.82, 2.24) is 0 Å². The molecule has 2 atom stereocenters. The smallest absolute Gasteiger partial charge is 0.361 e. The number of rotatable bonds is 38. The van der Waals surface area contributed by atoms with E-state index in [0.29, 0.717) is 23.9 Å². The zero-order valence-electron chi connectivity index (χ0n) is 34.7. The Morgan fingerprint density at radius 2 is 1.08 bits per heavy atom. The van der Waals surface area contributed by atoms with E-state index in [-0.39, 0.29) is 32.2 Å². The van der Waals surface area contributed by atoms with Crippen LogP contribution in [0.2, 0.25) is 0 Å². The van der Waals surface area contributed by atoms with Crippen molar-refractivity contribution in [2.45, 2.75) is 180 Å². The van der Waals surface area contributed by atoms with E-state index in [1.807, 2.05) is 21.1 Å². The number of carbonyl (C=O) groups excluding carboxylic acids is 2. The number of aliphatic carboxylic acids is 1. The predicted molar refractivity (Wildman–Crippen MR) is 217 cm³/mol. The van der Waals surface area contributed by atoms with E-state index in [1.54, 1.807) is 0 Å².